The summed E-state index contributed by atoms with van der Waals surface area (Å²) in [5, 5.41) is 6.57. The molecular formula is C17H20ClNOS. The molecule has 0 amide bonds. The fraction of sp³-hybridized carbons (Fsp3) is 0.412. The first-order valence-corrected chi connectivity index (χ1v) is 8.79. The average molecular weight is 322 g/mol. The van der Waals surface area contributed by atoms with Crippen molar-refractivity contribution in [3.8, 4) is 5.75 Å². The first kappa shape index (κ1) is 14.7. The van der Waals surface area contributed by atoms with Crippen molar-refractivity contribution in [2.75, 3.05) is 11.9 Å². The third-order valence-electron chi connectivity index (χ3n) is 3.78. The Balaban J connectivity index is 1.83. The number of rotatable bonds is 5. The van der Waals surface area contributed by atoms with Gasteiger partial charge in [0.1, 0.15) is 5.75 Å². The maximum Gasteiger partial charge on any atom is 0.142 e. The number of hydrogen-bond donors (Lipinski definition) is 1. The molecule has 1 aromatic heterocycles. The van der Waals surface area contributed by atoms with Crippen molar-refractivity contribution < 1.29 is 4.74 Å². The molecule has 2 nitrogen and oxygen atoms in total. The molecule has 1 aromatic carbocycles. The van der Waals surface area contributed by atoms with Crippen LogP contribution in [0, 0.1) is 0 Å². The van der Waals surface area contributed by atoms with E-state index in [1.165, 1.54) is 23.3 Å². The number of ether oxygens (including phenoxy) is 1. The van der Waals surface area contributed by atoms with Crippen molar-refractivity contribution in [1.29, 1.82) is 0 Å². The average Bonchev–Trinajstić information content (AvgIpc) is 2.96. The Morgan fingerprint density at radius 2 is 2.29 bits per heavy atom. The van der Waals surface area contributed by atoms with Gasteiger partial charge in [0.25, 0.3) is 0 Å². The highest BCUT2D eigenvalue weighted by molar-refractivity contribution is 7.10. The highest BCUT2D eigenvalue weighted by atomic mass is 35.5. The van der Waals surface area contributed by atoms with Crippen molar-refractivity contribution in [2.24, 2.45) is 0 Å². The number of thiophene rings is 1. The van der Waals surface area contributed by atoms with Crippen molar-refractivity contribution in [2.45, 2.75) is 38.6 Å². The molecule has 0 saturated carbocycles. The summed E-state index contributed by atoms with van der Waals surface area (Å²) in [6.45, 7) is 2.84. The van der Waals surface area contributed by atoms with Crippen LogP contribution in [0.3, 0.4) is 0 Å². The predicted molar refractivity (Wildman–Crippen MR) is 90.9 cm³/mol. The molecule has 0 bridgehead atoms. The zero-order valence-electron chi connectivity index (χ0n) is 12.2. The summed E-state index contributed by atoms with van der Waals surface area (Å²) < 4.78 is 5.83. The molecule has 0 fully saturated rings. The highest BCUT2D eigenvalue weighted by Gasteiger charge is 2.22. The lowest BCUT2D eigenvalue weighted by Crippen LogP contribution is -2.16. The summed E-state index contributed by atoms with van der Waals surface area (Å²) in [5.41, 5.74) is 2.44. The van der Waals surface area contributed by atoms with Gasteiger partial charge in [-0.05, 0) is 60.9 Å². The molecule has 112 valence electrons. The molecule has 0 aliphatic heterocycles. The third-order valence-corrected chi connectivity index (χ3v) is 5.02. The van der Waals surface area contributed by atoms with E-state index >= 15 is 0 Å². The summed E-state index contributed by atoms with van der Waals surface area (Å²) in [5.74, 6) is 0.892. The molecule has 1 aliphatic rings. The van der Waals surface area contributed by atoms with Gasteiger partial charge in [-0.2, -0.15) is 0 Å². The molecule has 1 aliphatic carbocycles. The lowest BCUT2D eigenvalue weighted by atomic mass is 9.94. The highest BCUT2D eigenvalue weighted by Crippen LogP contribution is 2.38. The van der Waals surface area contributed by atoms with E-state index in [4.69, 9.17) is 16.3 Å². The van der Waals surface area contributed by atoms with Crippen molar-refractivity contribution in [3.05, 3.63) is 45.1 Å². The molecule has 0 radical (unpaired) electrons. The number of hydrogen-bond acceptors (Lipinski definition) is 3. The van der Waals surface area contributed by atoms with E-state index in [0.717, 1.165) is 35.9 Å². The molecule has 21 heavy (non-hydrogen) atoms. The molecule has 1 N–H and O–H groups in total. The van der Waals surface area contributed by atoms with Crippen molar-refractivity contribution >= 4 is 28.6 Å². The normalized spacial score (nSPS) is 17.3. The number of fused-ring (bicyclic) bond motifs is 1. The second kappa shape index (κ2) is 6.71. The number of aryl methyl sites for hydroxylation is 1. The van der Waals surface area contributed by atoms with Gasteiger partial charge in [0.2, 0.25) is 0 Å². The van der Waals surface area contributed by atoms with E-state index in [2.05, 4.69) is 23.7 Å². The predicted octanol–water partition coefficient (Wildman–Crippen LogP) is 5.68. The second-order valence-electron chi connectivity index (χ2n) is 5.38. The molecule has 1 heterocycles. The van der Waals surface area contributed by atoms with Gasteiger partial charge in [-0.15, -0.1) is 11.3 Å². The molecule has 2 aromatic rings. The van der Waals surface area contributed by atoms with Gasteiger partial charge < -0.3 is 10.1 Å². The SMILES string of the molecule is CCCOc1ccc(Cl)cc1NC1CCCc2sccc21. The fourth-order valence-electron chi connectivity index (χ4n) is 2.78. The van der Waals surface area contributed by atoms with E-state index in [1.54, 1.807) is 0 Å². The molecule has 0 spiro atoms. The minimum absolute atomic E-state index is 0.363. The lowest BCUT2D eigenvalue weighted by molar-refractivity contribution is 0.318. The number of nitrogens with one attached hydrogen (secondary N) is 1. The third kappa shape index (κ3) is 3.35. The summed E-state index contributed by atoms with van der Waals surface area (Å²) >= 11 is 8.02. The molecule has 3 rings (SSSR count). The van der Waals surface area contributed by atoms with Crippen LogP contribution in [0.25, 0.3) is 0 Å². The van der Waals surface area contributed by atoms with Gasteiger partial charge >= 0.3 is 0 Å². The largest absolute Gasteiger partial charge is 0.491 e. The van der Waals surface area contributed by atoms with Crippen LogP contribution >= 0.6 is 22.9 Å². The zero-order valence-corrected chi connectivity index (χ0v) is 13.8. The first-order chi connectivity index (χ1) is 10.3. The Kier molecular flexibility index (Phi) is 4.71. The maximum atomic E-state index is 6.15. The second-order valence-corrected chi connectivity index (χ2v) is 6.81. The minimum atomic E-state index is 0.363. The van der Waals surface area contributed by atoms with Crippen molar-refractivity contribution in [3.63, 3.8) is 0 Å². The Bertz CT molecular complexity index is 611. The van der Waals surface area contributed by atoms with E-state index in [-0.39, 0.29) is 0 Å². The standard InChI is InChI=1S/C17H20ClNOS/c1-2-9-20-16-7-6-12(18)11-15(16)19-14-4-3-5-17-13(14)8-10-21-17/h6-8,10-11,14,19H,2-5,9H2,1H3. The van der Waals surface area contributed by atoms with Gasteiger partial charge in [-0.3, -0.25) is 0 Å². The summed E-state index contributed by atoms with van der Waals surface area (Å²) in [6, 6.07) is 8.41. The topological polar surface area (TPSA) is 21.3 Å². The Hall–Kier alpha value is -1.19. The van der Waals surface area contributed by atoms with Crippen LogP contribution < -0.4 is 10.1 Å². The van der Waals surface area contributed by atoms with Crippen molar-refractivity contribution in [1.82, 2.24) is 0 Å². The molecule has 0 saturated heterocycles. The molecule has 4 heteroatoms. The minimum Gasteiger partial charge on any atom is -0.491 e. The monoisotopic (exact) mass is 321 g/mol. The van der Waals surface area contributed by atoms with E-state index in [0.29, 0.717) is 6.04 Å². The van der Waals surface area contributed by atoms with Crippen LogP contribution in [0.2, 0.25) is 5.02 Å². The van der Waals surface area contributed by atoms with Gasteiger partial charge in [0, 0.05) is 9.90 Å². The summed E-state index contributed by atoms with van der Waals surface area (Å²) in [6.07, 6.45) is 4.60. The number of benzene rings is 1. The Morgan fingerprint density at radius 3 is 3.14 bits per heavy atom. The lowest BCUT2D eigenvalue weighted by Gasteiger charge is -2.26. The number of halogens is 1. The molecular weight excluding hydrogens is 302 g/mol. The summed E-state index contributed by atoms with van der Waals surface area (Å²) in [4.78, 5) is 1.51. The van der Waals surface area contributed by atoms with Crippen LogP contribution in [0.4, 0.5) is 5.69 Å². The van der Waals surface area contributed by atoms with E-state index < -0.39 is 0 Å². The zero-order chi connectivity index (χ0) is 14.7. The van der Waals surface area contributed by atoms with Gasteiger partial charge in [0.05, 0.1) is 18.3 Å². The van der Waals surface area contributed by atoms with Crippen LogP contribution in [-0.4, -0.2) is 6.61 Å². The van der Waals surface area contributed by atoms with Gasteiger partial charge in [0.15, 0.2) is 0 Å². The Labute approximate surface area is 135 Å². The number of anilines is 1. The van der Waals surface area contributed by atoms with Crippen LogP contribution in [0.5, 0.6) is 5.75 Å². The van der Waals surface area contributed by atoms with E-state index in [1.807, 2.05) is 29.5 Å². The first-order valence-electron chi connectivity index (χ1n) is 7.53. The quantitative estimate of drug-likeness (QED) is 0.765. The summed E-state index contributed by atoms with van der Waals surface area (Å²) in [7, 11) is 0. The van der Waals surface area contributed by atoms with Crippen LogP contribution in [0.15, 0.2) is 29.6 Å². The Morgan fingerprint density at radius 1 is 1.38 bits per heavy atom. The van der Waals surface area contributed by atoms with Gasteiger partial charge in [-0.25, -0.2) is 0 Å². The molecule has 1 unspecified atom stereocenters. The fourth-order valence-corrected chi connectivity index (χ4v) is 3.94. The smallest absolute Gasteiger partial charge is 0.142 e. The van der Waals surface area contributed by atoms with Crippen LogP contribution in [-0.2, 0) is 6.42 Å². The van der Waals surface area contributed by atoms with Gasteiger partial charge in [-0.1, -0.05) is 18.5 Å². The molecule has 1 atom stereocenters. The van der Waals surface area contributed by atoms with Crippen LogP contribution in [0.1, 0.15) is 42.7 Å². The maximum absolute atomic E-state index is 6.15. The van der Waals surface area contributed by atoms with E-state index in [9.17, 15) is 0 Å².